The lowest BCUT2D eigenvalue weighted by Gasteiger charge is -2.36. The molecule has 0 aliphatic carbocycles. The molecule has 0 saturated carbocycles. The van der Waals surface area contributed by atoms with Gasteiger partial charge < -0.3 is 14.7 Å². The van der Waals surface area contributed by atoms with Crippen LogP contribution in [-0.2, 0) is 6.54 Å². The van der Waals surface area contributed by atoms with Gasteiger partial charge in [-0.25, -0.2) is 0 Å². The van der Waals surface area contributed by atoms with Gasteiger partial charge in [0.05, 0.1) is 7.11 Å². The molecule has 0 aromatic heterocycles. The summed E-state index contributed by atoms with van der Waals surface area (Å²) in [6.45, 7) is 11.3. The van der Waals surface area contributed by atoms with E-state index >= 15 is 0 Å². The number of hydrogen-bond donors (Lipinski definition) is 1. The van der Waals surface area contributed by atoms with Gasteiger partial charge in [-0.05, 0) is 54.3 Å². The first-order chi connectivity index (χ1) is 12.5. The van der Waals surface area contributed by atoms with Gasteiger partial charge in [-0.1, -0.05) is 19.9 Å². The fourth-order valence-electron chi connectivity index (χ4n) is 3.70. The molecule has 2 aromatic carbocycles. The van der Waals surface area contributed by atoms with E-state index in [1.165, 1.54) is 16.8 Å². The number of ether oxygens (including phenoxy) is 1. The molecule has 4 nitrogen and oxygen atoms in total. The standard InChI is InChI=1S/C22H30N2O2/c1-16(2)21-14-18(22(25)13-17(21)3)15-23-9-11-24(12-10-23)19-5-7-20(26-4)8-6-19/h5-8,13-14,16,25H,9-12,15H2,1-4H3. The van der Waals surface area contributed by atoms with Crippen LogP contribution in [0, 0.1) is 6.92 Å². The zero-order valence-corrected chi connectivity index (χ0v) is 16.3. The number of methoxy groups -OCH3 is 1. The molecule has 1 heterocycles. The van der Waals surface area contributed by atoms with Crippen molar-refractivity contribution >= 4 is 5.69 Å². The maximum absolute atomic E-state index is 10.4. The number of hydrogen-bond acceptors (Lipinski definition) is 4. The Balaban J connectivity index is 1.62. The van der Waals surface area contributed by atoms with E-state index < -0.39 is 0 Å². The third-order valence-corrected chi connectivity index (χ3v) is 5.29. The highest BCUT2D eigenvalue weighted by Gasteiger charge is 2.19. The number of benzene rings is 2. The Hall–Kier alpha value is -2.20. The summed E-state index contributed by atoms with van der Waals surface area (Å²) < 4.78 is 5.24. The fraction of sp³-hybridized carbons (Fsp3) is 0.455. The van der Waals surface area contributed by atoms with Crippen molar-refractivity contribution in [3.63, 3.8) is 0 Å². The SMILES string of the molecule is COc1ccc(N2CCN(Cc3cc(C(C)C)c(C)cc3O)CC2)cc1. The first kappa shape index (κ1) is 18.6. The van der Waals surface area contributed by atoms with Crippen LogP contribution in [0.15, 0.2) is 36.4 Å². The zero-order chi connectivity index (χ0) is 18.7. The lowest BCUT2D eigenvalue weighted by atomic mass is 9.95. The van der Waals surface area contributed by atoms with E-state index in [2.05, 4.69) is 48.8 Å². The van der Waals surface area contributed by atoms with Crippen LogP contribution in [0.1, 0.15) is 36.5 Å². The van der Waals surface area contributed by atoms with Crippen molar-refractivity contribution in [2.75, 3.05) is 38.2 Å². The van der Waals surface area contributed by atoms with Crippen molar-refractivity contribution in [3.05, 3.63) is 53.1 Å². The number of nitrogens with zero attached hydrogens (tertiary/aromatic N) is 2. The monoisotopic (exact) mass is 354 g/mol. The van der Waals surface area contributed by atoms with Crippen LogP contribution < -0.4 is 9.64 Å². The number of phenols is 1. The van der Waals surface area contributed by atoms with E-state index in [1.54, 1.807) is 7.11 Å². The van der Waals surface area contributed by atoms with Gasteiger partial charge in [0, 0.05) is 44.0 Å². The summed E-state index contributed by atoms with van der Waals surface area (Å²) in [5, 5.41) is 10.4. The quantitative estimate of drug-likeness (QED) is 0.875. The lowest BCUT2D eigenvalue weighted by Crippen LogP contribution is -2.45. The van der Waals surface area contributed by atoms with Crippen LogP contribution >= 0.6 is 0 Å². The predicted octanol–water partition coefficient (Wildman–Crippen LogP) is 4.15. The normalized spacial score (nSPS) is 15.5. The van der Waals surface area contributed by atoms with E-state index in [1.807, 2.05) is 18.2 Å². The predicted molar refractivity (Wildman–Crippen MR) is 107 cm³/mol. The first-order valence-corrected chi connectivity index (χ1v) is 9.41. The molecule has 0 atom stereocenters. The Morgan fingerprint density at radius 1 is 1.04 bits per heavy atom. The summed E-state index contributed by atoms with van der Waals surface area (Å²) >= 11 is 0. The van der Waals surface area contributed by atoms with Crippen molar-refractivity contribution in [1.82, 2.24) is 4.90 Å². The van der Waals surface area contributed by atoms with Gasteiger partial charge in [0.15, 0.2) is 0 Å². The first-order valence-electron chi connectivity index (χ1n) is 9.41. The highest BCUT2D eigenvalue weighted by molar-refractivity contribution is 5.49. The van der Waals surface area contributed by atoms with Gasteiger partial charge in [-0.2, -0.15) is 0 Å². The van der Waals surface area contributed by atoms with Crippen LogP contribution in [0.5, 0.6) is 11.5 Å². The maximum Gasteiger partial charge on any atom is 0.120 e. The van der Waals surface area contributed by atoms with Crippen LogP contribution in [0.25, 0.3) is 0 Å². The maximum atomic E-state index is 10.4. The molecule has 0 radical (unpaired) electrons. The Morgan fingerprint density at radius 2 is 1.69 bits per heavy atom. The summed E-state index contributed by atoms with van der Waals surface area (Å²) in [6.07, 6.45) is 0. The van der Waals surface area contributed by atoms with E-state index in [4.69, 9.17) is 4.74 Å². The average molecular weight is 354 g/mol. The molecular formula is C22H30N2O2. The Labute approximate surface area is 157 Å². The smallest absolute Gasteiger partial charge is 0.120 e. The van der Waals surface area contributed by atoms with E-state index in [0.29, 0.717) is 11.7 Å². The molecule has 3 rings (SSSR count). The Kier molecular flexibility index (Phi) is 5.72. The highest BCUT2D eigenvalue weighted by atomic mass is 16.5. The molecule has 26 heavy (non-hydrogen) atoms. The molecule has 1 saturated heterocycles. The second kappa shape index (κ2) is 8.00. The van der Waals surface area contributed by atoms with Crippen molar-refractivity contribution < 1.29 is 9.84 Å². The van der Waals surface area contributed by atoms with Crippen LogP contribution in [0.2, 0.25) is 0 Å². The second-order valence-corrected chi connectivity index (χ2v) is 7.45. The number of piperazine rings is 1. The van der Waals surface area contributed by atoms with Gasteiger partial charge in [-0.15, -0.1) is 0 Å². The van der Waals surface area contributed by atoms with Crippen molar-refractivity contribution in [2.45, 2.75) is 33.2 Å². The van der Waals surface area contributed by atoms with E-state index in [9.17, 15) is 5.11 Å². The third-order valence-electron chi connectivity index (χ3n) is 5.29. The number of aryl methyl sites for hydroxylation is 1. The van der Waals surface area contributed by atoms with Crippen molar-refractivity contribution in [3.8, 4) is 11.5 Å². The molecule has 0 spiro atoms. The molecule has 4 heteroatoms. The van der Waals surface area contributed by atoms with Gasteiger partial charge in [-0.3, -0.25) is 4.90 Å². The molecule has 140 valence electrons. The number of phenolic OH excluding ortho intramolecular Hbond substituents is 1. The fourth-order valence-corrected chi connectivity index (χ4v) is 3.70. The zero-order valence-electron chi connectivity index (χ0n) is 16.3. The Morgan fingerprint density at radius 3 is 2.27 bits per heavy atom. The highest BCUT2D eigenvalue weighted by Crippen LogP contribution is 2.29. The summed E-state index contributed by atoms with van der Waals surface area (Å²) in [6, 6.07) is 12.4. The lowest BCUT2D eigenvalue weighted by molar-refractivity contribution is 0.246. The van der Waals surface area contributed by atoms with Gasteiger partial charge in [0.1, 0.15) is 11.5 Å². The van der Waals surface area contributed by atoms with Gasteiger partial charge in [0.25, 0.3) is 0 Å². The summed E-state index contributed by atoms with van der Waals surface area (Å²) in [4.78, 5) is 4.83. The molecule has 1 aliphatic heterocycles. The Bertz CT molecular complexity index is 733. The second-order valence-electron chi connectivity index (χ2n) is 7.45. The summed E-state index contributed by atoms with van der Waals surface area (Å²) in [5.41, 5.74) is 4.78. The average Bonchev–Trinajstić information content (AvgIpc) is 2.64. The van der Waals surface area contributed by atoms with Crippen LogP contribution in [-0.4, -0.2) is 43.3 Å². The largest absolute Gasteiger partial charge is 0.508 e. The van der Waals surface area contributed by atoms with E-state index in [-0.39, 0.29) is 0 Å². The number of anilines is 1. The van der Waals surface area contributed by atoms with Gasteiger partial charge in [0.2, 0.25) is 0 Å². The number of aromatic hydroxyl groups is 1. The summed E-state index contributed by atoms with van der Waals surface area (Å²) in [5.74, 6) is 1.79. The molecule has 0 unspecified atom stereocenters. The molecule has 0 bridgehead atoms. The van der Waals surface area contributed by atoms with Crippen molar-refractivity contribution in [1.29, 1.82) is 0 Å². The third kappa shape index (κ3) is 4.13. The minimum absolute atomic E-state index is 0.421. The molecule has 2 aromatic rings. The number of rotatable bonds is 5. The summed E-state index contributed by atoms with van der Waals surface area (Å²) in [7, 11) is 1.69. The van der Waals surface area contributed by atoms with Gasteiger partial charge >= 0.3 is 0 Å². The molecule has 1 N–H and O–H groups in total. The van der Waals surface area contributed by atoms with Crippen LogP contribution in [0.4, 0.5) is 5.69 Å². The minimum atomic E-state index is 0.421. The topological polar surface area (TPSA) is 35.9 Å². The van der Waals surface area contributed by atoms with Crippen LogP contribution in [0.3, 0.4) is 0 Å². The molecule has 1 fully saturated rings. The van der Waals surface area contributed by atoms with Crippen molar-refractivity contribution in [2.24, 2.45) is 0 Å². The molecular weight excluding hydrogens is 324 g/mol. The minimum Gasteiger partial charge on any atom is -0.508 e. The van der Waals surface area contributed by atoms with E-state index in [0.717, 1.165) is 44.0 Å². The molecule has 0 amide bonds. The molecule has 1 aliphatic rings.